The molecule has 5 nitrogen and oxygen atoms in total. The number of nitrogens with zero attached hydrogens (tertiary/aromatic N) is 2. The maximum absolute atomic E-state index is 11.8. The van der Waals surface area contributed by atoms with Gasteiger partial charge < -0.3 is 19.3 Å². The molecule has 1 aromatic rings. The highest BCUT2D eigenvalue weighted by Gasteiger charge is 2.20. The first-order valence-electron chi connectivity index (χ1n) is 7.65. The molecule has 2 rings (SSSR count). The first kappa shape index (κ1) is 20.5. The Morgan fingerprint density at radius 2 is 2.00 bits per heavy atom. The lowest BCUT2D eigenvalue weighted by molar-refractivity contribution is -0.148. The Hall–Kier alpha value is -1.54. The highest BCUT2D eigenvalue weighted by molar-refractivity contribution is 14.0. The summed E-state index contributed by atoms with van der Waals surface area (Å²) in [6.45, 7) is 7.49. The van der Waals surface area contributed by atoms with E-state index in [0.29, 0.717) is 25.3 Å². The van der Waals surface area contributed by atoms with Crippen LogP contribution in [0.4, 0.5) is 0 Å². The predicted molar refractivity (Wildman–Crippen MR) is 105 cm³/mol. The lowest BCUT2D eigenvalue weighted by Crippen LogP contribution is -2.36. The van der Waals surface area contributed by atoms with Crippen molar-refractivity contribution in [2.45, 2.75) is 19.6 Å². The summed E-state index contributed by atoms with van der Waals surface area (Å²) in [5.41, 5.74) is 1.49. The van der Waals surface area contributed by atoms with E-state index in [1.54, 1.807) is 6.92 Å². The van der Waals surface area contributed by atoms with Gasteiger partial charge in [0.25, 0.3) is 0 Å². The molecule has 1 atom stereocenters. The number of hydrogen-bond donors (Lipinski definition) is 0. The average molecular weight is 444 g/mol. The van der Waals surface area contributed by atoms with Crippen molar-refractivity contribution in [1.29, 1.82) is 0 Å². The fourth-order valence-corrected chi connectivity index (χ4v) is 2.23. The molecular weight excluding hydrogens is 419 g/mol. The highest BCUT2D eigenvalue weighted by atomic mass is 127. The van der Waals surface area contributed by atoms with Gasteiger partial charge in [0, 0.05) is 25.0 Å². The van der Waals surface area contributed by atoms with Crippen molar-refractivity contribution in [1.82, 2.24) is 9.80 Å². The summed E-state index contributed by atoms with van der Waals surface area (Å²) >= 11 is 0. The van der Waals surface area contributed by atoms with Crippen LogP contribution in [-0.2, 0) is 20.9 Å². The van der Waals surface area contributed by atoms with E-state index in [1.807, 2.05) is 49.8 Å². The Balaban J connectivity index is 0.00000288. The van der Waals surface area contributed by atoms with Crippen LogP contribution in [0.2, 0.25) is 0 Å². The second-order valence-corrected chi connectivity index (χ2v) is 5.78. The molecule has 24 heavy (non-hydrogen) atoms. The molecule has 0 amide bonds. The standard InChI is InChI=1S/C18H24N2O3.HI/c1-15(2)18(21)23-17(11-20-10-9-19(3)14-20)13-22-12-16-7-5-4-6-8-16;/h4-10,17H,1,11-14H2,2-3H3;1H. The van der Waals surface area contributed by atoms with Crippen LogP contribution in [0.15, 0.2) is 54.9 Å². The van der Waals surface area contributed by atoms with E-state index in [9.17, 15) is 4.79 Å². The fourth-order valence-electron chi connectivity index (χ4n) is 2.23. The summed E-state index contributed by atoms with van der Waals surface area (Å²) < 4.78 is 11.2. The number of benzene rings is 1. The van der Waals surface area contributed by atoms with Crippen molar-refractivity contribution >= 4 is 29.9 Å². The van der Waals surface area contributed by atoms with Gasteiger partial charge in [0.05, 0.1) is 26.4 Å². The number of rotatable bonds is 8. The molecule has 132 valence electrons. The maximum Gasteiger partial charge on any atom is 0.333 e. The van der Waals surface area contributed by atoms with E-state index in [-0.39, 0.29) is 36.0 Å². The van der Waals surface area contributed by atoms with Crippen LogP contribution < -0.4 is 0 Å². The largest absolute Gasteiger partial charge is 0.455 e. The second-order valence-electron chi connectivity index (χ2n) is 5.78. The SMILES string of the molecule is C=C(C)C(=O)OC(COCc1ccccc1)CN1C=CN(C)C1.I. The van der Waals surface area contributed by atoms with E-state index in [2.05, 4.69) is 16.4 Å². The van der Waals surface area contributed by atoms with Crippen molar-refractivity contribution < 1.29 is 14.3 Å². The molecule has 0 saturated heterocycles. The Labute approximate surface area is 160 Å². The van der Waals surface area contributed by atoms with Crippen LogP contribution in [0, 0.1) is 0 Å². The molecule has 1 aliphatic heterocycles. The van der Waals surface area contributed by atoms with Crippen molar-refractivity contribution in [3.63, 3.8) is 0 Å². The molecule has 0 N–H and O–H groups in total. The molecule has 1 aliphatic rings. The van der Waals surface area contributed by atoms with Crippen LogP contribution in [0.25, 0.3) is 0 Å². The molecule has 1 aromatic carbocycles. The van der Waals surface area contributed by atoms with E-state index in [1.165, 1.54) is 0 Å². The third-order valence-corrected chi connectivity index (χ3v) is 3.41. The molecular formula is C18H25IN2O3. The van der Waals surface area contributed by atoms with Gasteiger partial charge in [0.1, 0.15) is 6.10 Å². The minimum Gasteiger partial charge on any atom is -0.455 e. The second kappa shape index (κ2) is 10.4. The van der Waals surface area contributed by atoms with Crippen LogP contribution in [0.3, 0.4) is 0 Å². The Morgan fingerprint density at radius 3 is 2.58 bits per heavy atom. The van der Waals surface area contributed by atoms with Crippen LogP contribution in [-0.4, -0.2) is 48.7 Å². The van der Waals surface area contributed by atoms with E-state index < -0.39 is 0 Å². The molecule has 0 fully saturated rings. The zero-order valence-corrected chi connectivity index (χ0v) is 16.5. The molecule has 0 aromatic heterocycles. The normalized spacial score (nSPS) is 14.2. The lowest BCUT2D eigenvalue weighted by atomic mass is 10.2. The molecule has 1 unspecified atom stereocenters. The predicted octanol–water partition coefficient (Wildman–Crippen LogP) is 2.99. The molecule has 0 saturated carbocycles. The number of halogens is 1. The first-order chi connectivity index (χ1) is 11.0. The molecule has 0 aliphatic carbocycles. The summed E-state index contributed by atoms with van der Waals surface area (Å²) in [5, 5.41) is 0. The summed E-state index contributed by atoms with van der Waals surface area (Å²) in [4.78, 5) is 15.9. The summed E-state index contributed by atoms with van der Waals surface area (Å²) in [5.74, 6) is -0.380. The monoisotopic (exact) mass is 444 g/mol. The zero-order valence-electron chi connectivity index (χ0n) is 14.2. The summed E-state index contributed by atoms with van der Waals surface area (Å²) in [7, 11) is 2.00. The number of esters is 1. The quantitative estimate of drug-likeness (QED) is 0.351. The van der Waals surface area contributed by atoms with Crippen LogP contribution >= 0.6 is 24.0 Å². The minimum atomic E-state index is -0.380. The van der Waals surface area contributed by atoms with Gasteiger partial charge in [-0.25, -0.2) is 4.79 Å². The summed E-state index contributed by atoms with van der Waals surface area (Å²) in [6, 6.07) is 9.93. The topological polar surface area (TPSA) is 42.0 Å². The van der Waals surface area contributed by atoms with Gasteiger partial charge in [-0.3, -0.25) is 0 Å². The third kappa shape index (κ3) is 6.92. The van der Waals surface area contributed by atoms with Crippen molar-refractivity contribution in [2.24, 2.45) is 0 Å². The maximum atomic E-state index is 11.8. The van der Waals surface area contributed by atoms with Gasteiger partial charge >= 0.3 is 5.97 Å². The van der Waals surface area contributed by atoms with Gasteiger partial charge in [0.15, 0.2) is 0 Å². The average Bonchev–Trinajstić information content (AvgIpc) is 2.93. The first-order valence-corrected chi connectivity index (χ1v) is 7.65. The van der Waals surface area contributed by atoms with Gasteiger partial charge in [0.2, 0.25) is 0 Å². The van der Waals surface area contributed by atoms with Gasteiger partial charge in [-0.15, -0.1) is 24.0 Å². The van der Waals surface area contributed by atoms with Gasteiger partial charge in [-0.2, -0.15) is 0 Å². The Morgan fingerprint density at radius 1 is 1.29 bits per heavy atom. The molecule has 0 spiro atoms. The number of ether oxygens (including phenoxy) is 2. The van der Waals surface area contributed by atoms with Gasteiger partial charge in [-0.05, 0) is 12.5 Å². The van der Waals surface area contributed by atoms with Crippen molar-refractivity contribution in [2.75, 3.05) is 26.9 Å². The van der Waals surface area contributed by atoms with Gasteiger partial charge in [-0.1, -0.05) is 36.9 Å². The fraction of sp³-hybridized carbons (Fsp3) is 0.389. The number of carbonyl (C=O) groups excluding carboxylic acids is 1. The van der Waals surface area contributed by atoms with Crippen molar-refractivity contribution in [3.8, 4) is 0 Å². The lowest BCUT2D eigenvalue weighted by Gasteiger charge is -2.25. The number of carbonyl (C=O) groups is 1. The van der Waals surface area contributed by atoms with Crippen LogP contribution in [0.1, 0.15) is 12.5 Å². The Bertz CT molecular complexity index is 563. The van der Waals surface area contributed by atoms with E-state index in [0.717, 1.165) is 12.2 Å². The van der Waals surface area contributed by atoms with E-state index >= 15 is 0 Å². The van der Waals surface area contributed by atoms with Crippen LogP contribution in [0.5, 0.6) is 0 Å². The highest BCUT2D eigenvalue weighted by Crippen LogP contribution is 2.09. The Kier molecular flexibility index (Phi) is 8.84. The molecule has 0 radical (unpaired) electrons. The number of hydrogen-bond acceptors (Lipinski definition) is 5. The molecule has 6 heteroatoms. The molecule has 1 heterocycles. The zero-order chi connectivity index (χ0) is 16.7. The smallest absolute Gasteiger partial charge is 0.333 e. The van der Waals surface area contributed by atoms with E-state index in [4.69, 9.17) is 9.47 Å². The third-order valence-electron chi connectivity index (χ3n) is 3.41. The molecule has 0 bridgehead atoms. The summed E-state index contributed by atoms with van der Waals surface area (Å²) in [6.07, 6.45) is 3.64. The van der Waals surface area contributed by atoms with Crippen molar-refractivity contribution in [3.05, 3.63) is 60.4 Å². The minimum absolute atomic E-state index is 0.